The number of hydrogen-bond acceptors (Lipinski definition) is 4. The molecule has 0 amide bonds. The first kappa shape index (κ1) is 14.6. The van der Waals surface area contributed by atoms with Gasteiger partial charge in [0, 0.05) is 17.1 Å². The summed E-state index contributed by atoms with van der Waals surface area (Å²) in [5, 5.41) is 7.86. The Hall–Kier alpha value is -1.83. The van der Waals surface area contributed by atoms with Gasteiger partial charge < -0.3 is 11.1 Å². The van der Waals surface area contributed by atoms with E-state index in [0.717, 1.165) is 0 Å². The fourth-order valence-corrected chi connectivity index (χ4v) is 2.31. The monoisotopic (exact) mass is 315 g/mol. The third-order valence-electron chi connectivity index (χ3n) is 2.47. The lowest BCUT2D eigenvalue weighted by molar-refractivity contribution is 0.598. The van der Waals surface area contributed by atoms with Gasteiger partial charge in [-0.1, -0.05) is 11.6 Å². The van der Waals surface area contributed by atoms with Gasteiger partial charge >= 0.3 is 0 Å². The van der Waals surface area contributed by atoms with E-state index < -0.39 is 15.8 Å². The molecule has 106 valence electrons. The van der Waals surface area contributed by atoms with Crippen molar-refractivity contribution < 1.29 is 12.8 Å². The molecule has 0 saturated heterocycles. The molecule has 0 unspecified atom stereocenters. The van der Waals surface area contributed by atoms with Crippen LogP contribution in [0, 0.1) is 5.82 Å². The van der Waals surface area contributed by atoms with Crippen LogP contribution in [0.25, 0.3) is 0 Å². The lowest BCUT2D eigenvalue weighted by atomic mass is 10.2. The zero-order chi connectivity index (χ0) is 14.9. The molecule has 0 bridgehead atoms. The standard InChI is InChI=1S/C12H11ClFN3O2S/c13-11-2-1-8(6-12(11)14)17-9-3-7(15)4-10(5-9)20(16,18)19/h1-6,17H,15H2,(H2,16,18,19). The van der Waals surface area contributed by atoms with Gasteiger partial charge in [-0.3, -0.25) is 0 Å². The minimum Gasteiger partial charge on any atom is -0.399 e. The van der Waals surface area contributed by atoms with Crippen LogP contribution >= 0.6 is 11.6 Å². The van der Waals surface area contributed by atoms with Crippen LogP contribution in [0.1, 0.15) is 0 Å². The Bertz CT molecular complexity index is 765. The quantitative estimate of drug-likeness (QED) is 0.758. The second-order valence-electron chi connectivity index (χ2n) is 4.09. The normalized spacial score (nSPS) is 11.3. The molecule has 8 heteroatoms. The summed E-state index contributed by atoms with van der Waals surface area (Å²) >= 11 is 5.58. The second-order valence-corrected chi connectivity index (χ2v) is 6.06. The van der Waals surface area contributed by atoms with Crippen LogP contribution in [0.5, 0.6) is 0 Å². The Kier molecular flexibility index (Phi) is 3.85. The first-order valence-corrected chi connectivity index (χ1v) is 7.33. The predicted molar refractivity (Wildman–Crippen MR) is 76.9 cm³/mol. The Balaban J connectivity index is 2.38. The second kappa shape index (κ2) is 5.28. The minimum absolute atomic E-state index is 0.00616. The van der Waals surface area contributed by atoms with Gasteiger partial charge in [0.05, 0.1) is 9.92 Å². The van der Waals surface area contributed by atoms with Gasteiger partial charge in [-0.05, 0) is 36.4 Å². The van der Waals surface area contributed by atoms with Gasteiger partial charge in [0.25, 0.3) is 0 Å². The van der Waals surface area contributed by atoms with Crippen LogP contribution in [-0.2, 0) is 10.0 Å². The number of rotatable bonds is 3. The molecule has 0 radical (unpaired) electrons. The average molecular weight is 316 g/mol. The van der Waals surface area contributed by atoms with Crippen LogP contribution in [-0.4, -0.2) is 8.42 Å². The fourth-order valence-electron chi connectivity index (χ4n) is 1.60. The average Bonchev–Trinajstić information content (AvgIpc) is 2.32. The summed E-state index contributed by atoms with van der Waals surface area (Å²) in [5.74, 6) is -0.591. The van der Waals surface area contributed by atoms with Gasteiger partial charge in [0.1, 0.15) is 5.82 Å². The van der Waals surface area contributed by atoms with Crippen molar-refractivity contribution in [3.8, 4) is 0 Å². The number of primary sulfonamides is 1. The summed E-state index contributed by atoms with van der Waals surface area (Å²) in [4.78, 5) is -0.130. The van der Waals surface area contributed by atoms with Crippen LogP contribution in [0.3, 0.4) is 0 Å². The number of halogens is 2. The lowest BCUT2D eigenvalue weighted by Gasteiger charge is -2.09. The Morgan fingerprint density at radius 1 is 1.10 bits per heavy atom. The van der Waals surface area contributed by atoms with E-state index >= 15 is 0 Å². The Labute approximate surface area is 120 Å². The molecule has 0 saturated carbocycles. The van der Waals surface area contributed by atoms with Gasteiger partial charge in [0.15, 0.2) is 0 Å². The van der Waals surface area contributed by atoms with E-state index in [4.69, 9.17) is 22.5 Å². The minimum atomic E-state index is -3.87. The van der Waals surface area contributed by atoms with E-state index in [1.807, 2.05) is 0 Å². The molecule has 2 rings (SSSR count). The Morgan fingerprint density at radius 2 is 1.80 bits per heavy atom. The van der Waals surface area contributed by atoms with E-state index in [2.05, 4.69) is 5.32 Å². The number of nitrogen functional groups attached to an aromatic ring is 1. The predicted octanol–water partition coefficient (Wildman–Crippen LogP) is 2.45. The molecule has 0 aliphatic heterocycles. The van der Waals surface area contributed by atoms with Crippen LogP contribution in [0.15, 0.2) is 41.3 Å². The highest BCUT2D eigenvalue weighted by Crippen LogP contribution is 2.25. The van der Waals surface area contributed by atoms with Gasteiger partial charge in [0.2, 0.25) is 10.0 Å². The number of benzene rings is 2. The molecule has 0 aromatic heterocycles. The summed E-state index contributed by atoms with van der Waals surface area (Å²) in [5.41, 5.74) is 6.60. The van der Waals surface area contributed by atoms with E-state index in [-0.39, 0.29) is 15.6 Å². The summed E-state index contributed by atoms with van der Waals surface area (Å²) in [6.45, 7) is 0. The molecule has 0 aliphatic carbocycles. The van der Waals surface area contributed by atoms with Gasteiger partial charge in [-0.25, -0.2) is 17.9 Å². The molecule has 20 heavy (non-hydrogen) atoms. The van der Waals surface area contributed by atoms with Crippen molar-refractivity contribution in [3.05, 3.63) is 47.2 Å². The fraction of sp³-hybridized carbons (Fsp3) is 0. The number of anilines is 3. The van der Waals surface area contributed by atoms with Crippen LogP contribution in [0.4, 0.5) is 21.5 Å². The van der Waals surface area contributed by atoms with E-state index in [0.29, 0.717) is 11.4 Å². The third-order valence-corrected chi connectivity index (χ3v) is 3.66. The summed E-state index contributed by atoms with van der Waals surface area (Å²) in [7, 11) is -3.87. The zero-order valence-corrected chi connectivity index (χ0v) is 11.7. The van der Waals surface area contributed by atoms with E-state index in [1.165, 1.54) is 30.3 Å². The summed E-state index contributed by atoms with van der Waals surface area (Å²) < 4.78 is 35.9. The number of hydrogen-bond donors (Lipinski definition) is 3. The van der Waals surface area contributed by atoms with Crippen molar-refractivity contribution in [1.82, 2.24) is 0 Å². The highest BCUT2D eigenvalue weighted by Gasteiger charge is 2.10. The lowest BCUT2D eigenvalue weighted by Crippen LogP contribution is -2.12. The molecule has 0 fully saturated rings. The maximum atomic E-state index is 13.3. The smallest absolute Gasteiger partial charge is 0.238 e. The molecule has 5 N–H and O–H groups in total. The SMILES string of the molecule is Nc1cc(Nc2ccc(Cl)c(F)c2)cc(S(N)(=O)=O)c1. The molecular weight excluding hydrogens is 305 g/mol. The largest absolute Gasteiger partial charge is 0.399 e. The molecule has 0 heterocycles. The molecular formula is C12H11ClFN3O2S. The zero-order valence-electron chi connectivity index (χ0n) is 10.1. The van der Waals surface area contributed by atoms with Crippen LogP contribution < -0.4 is 16.2 Å². The van der Waals surface area contributed by atoms with Crippen molar-refractivity contribution in [3.63, 3.8) is 0 Å². The maximum absolute atomic E-state index is 13.3. The number of sulfonamides is 1. The van der Waals surface area contributed by atoms with E-state index in [9.17, 15) is 12.8 Å². The first-order valence-electron chi connectivity index (χ1n) is 5.41. The van der Waals surface area contributed by atoms with Gasteiger partial charge in [-0.15, -0.1) is 0 Å². The van der Waals surface area contributed by atoms with Gasteiger partial charge in [-0.2, -0.15) is 0 Å². The maximum Gasteiger partial charge on any atom is 0.238 e. The number of nitrogens with one attached hydrogen (secondary N) is 1. The van der Waals surface area contributed by atoms with Crippen molar-refractivity contribution in [2.75, 3.05) is 11.1 Å². The topological polar surface area (TPSA) is 98.2 Å². The third kappa shape index (κ3) is 3.38. The number of nitrogens with two attached hydrogens (primary N) is 2. The van der Waals surface area contributed by atoms with Crippen LogP contribution in [0.2, 0.25) is 5.02 Å². The first-order chi connectivity index (χ1) is 9.25. The van der Waals surface area contributed by atoms with Crippen molar-refractivity contribution in [2.45, 2.75) is 4.90 Å². The van der Waals surface area contributed by atoms with Crippen molar-refractivity contribution in [2.24, 2.45) is 5.14 Å². The molecule has 5 nitrogen and oxygen atoms in total. The van der Waals surface area contributed by atoms with Crippen molar-refractivity contribution >= 4 is 38.7 Å². The van der Waals surface area contributed by atoms with E-state index in [1.54, 1.807) is 6.07 Å². The summed E-state index contributed by atoms with van der Waals surface area (Å²) in [6, 6.07) is 8.15. The van der Waals surface area contributed by atoms with Crippen molar-refractivity contribution in [1.29, 1.82) is 0 Å². The molecule has 0 atom stereocenters. The Morgan fingerprint density at radius 3 is 2.40 bits per heavy atom. The highest BCUT2D eigenvalue weighted by molar-refractivity contribution is 7.89. The molecule has 2 aromatic carbocycles. The highest BCUT2D eigenvalue weighted by atomic mass is 35.5. The summed E-state index contributed by atoms with van der Waals surface area (Å²) in [6.07, 6.45) is 0. The molecule has 2 aromatic rings. The molecule has 0 spiro atoms. The molecule has 0 aliphatic rings.